The van der Waals surface area contributed by atoms with E-state index in [9.17, 15) is 19.1 Å². The quantitative estimate of drug-likeness (QED) is 0.261. The third-order valence-electron chi connectivity index (χ3n) is 5.47. The van der Waals surface area contributed by atoms with Gasteiger partial charge in [-0.2, -0.15) is 0 Å². The van der Waals surface area contributed by atoms with Crippen molar-refractivity contribution in [1.82, 2.24) is 4.98 Å². The van der Waals surface area contributed by atoms with Gasteiger partial charge in [0, 0.05) is 5.56 Å². The van der Waals surface area contributed by atoms with Crippen LogP contribution in [0.1, 0.15) is 17.2 Å². The maximum atomic E-state index is 13.7. The molecule has 164 valence electrons. The van der Waals surface area contributed by atoms with Gasteiger partial charge in [-0.05, 0) is 35.9 Å². The van der Waals surface area contributed by atoms with Gasteiger partial charge in [0.15, 0.2) is 5.13 Å². The molecule has 1 unspecified atom stereocenters. The number of nitrogens with zero attached hydrogens (tertiary/aromatic N) is 2. The van der Waals surface area contributed by atoms with Gasteiger partial charge in [0.2, 0.25) is 0 Å². The Bertz CT molecular complexity index is 1410. The molecule has 8 heteroatoms. The Morgan fingerprint density at radius 2 is 1.79 bits per heavy atom. The fourth-order valence-electron chi connectivity index (χ4n) is 3.87. The van der Waals surface area contributed by atoms with Crippen LogP contribution in [0.25, 0.3) is 16.0 Å². The standard InChI is InChI=1S/C25H17FN2O4S/c1-32-17-10-7-14(8-11-17)21-20(22(29)15-5-3-2-4-6-15)23(30)24(31)28(21)25-27-18-12-9-16(26)13-19(18)33-25/h2-13,21,29H,1H3/b22-20+. The van der Waals surface area contributed by atoms with Gasteiger partial charge in [0.1, 0.15) is 17.3 Å². The fraction of sp³-hybridized carbons (Fsp3) is 0.0800. The molecule has 1 saturated heterocycles. The topological polar surface area (TPSA) is 79.7 Å². The number of methoxy groups -OCH3 is 1. The Kier molecular flexibility index (Phi) is 5.14. The monoisotopic (exact) mass is 460 g/mol. The van der Waals surface area contributed by atoms with Gasteiger partial charge in [0.05, 0.1) is 28.9 Å². The molecule has 3 aromatic carbocycles. The van der Waals surface area contributed by atoms with Gasteiger partial charge >= 0.3 is 5.91 Å². The molecule has 4 aromatic rings. The number of anilines is 1. The molecule has 0 saturated carbocycles. The largest absolute Gasteiger partial charge is 0.507 e. The minimum Gasteiger partial charge on any atom is -0.507 e. The predicted octanol–water partition coefficient (Wildman–Crippen LogP) is 5.07. The van der Waals surface area contributed by atoms with Gasteiger partial charge in [-0.15, -0.1) is 0 Å². The molecule has 0 aliphatic carbocycles. The van der Waals surface area contributed by atoms with Gasteiger partial charge < -0.3 is 9.84 Å². The molecule has 33 heavy (non-hydrogen) atoms. The number of rotatable bonds is 4. The Morgan fingerprint density at radius 3 is 2.48 bits per heavy atom. The molecular weight excluding hydrogens is 443 g/mol. The van der Waals surface area contributed by atoms with E-state index in [0.29, 0.717) is 27.1 Å². The van der Waals surface area contributed by atoms with Crippen molar-refractivity contribution in [2.45, 2.75) is 6.04 Å². The summed E-state index contributed by atoms with van der Waals surface area (Å²) < 4.78 is 19.5. The lowest BCUT2D eigenvalue weighted by molar-refractivity contribution is -0.132. The van der Waals surface area contributed by atoms with Crippen molar-refractivity contribution < 1.29 is 23.8 Å². The summed E-state index contributed by atoms with van der Waals surface area (Å²) in [6.07, 6.45) is 0. The van der Waals surface area contributed by atoms with Crippen LogP contribution in [-0.2, 0) is 9.59 Å². The van der Waals surface area contributed by atoms with Crippen molar-refractivity contribution >= 4 is 44.1 Å². The Morgan fingerprint density at radius 1 is 1.06 bits per heavy atom. The molecule has 1 aliphatic heterocycles. The molecule has 0 bridgehead atoms. The summed E-state index contributed by atoms with van der Waals surface area (Å²) in [5.41, 5.74) is 1.48. The van der Waals surface area contributed by atoms with Crippen LogP contribution in [0.3, 0.4) is 0 Å². The predicted molar refractivity (Wildman–Crippen MR) is 124 cm³/mol. The van der Waals surface area contributed by atoms with E-state index >= 15 is 0 Å². The molecule has 0 spiro atoms. The van der Waals surface area contributed by atoms with Gasteiger partial charge in [0.25, 0.3) is 5.78 Å². The number of aliphatic hydroxyl groups is 1. The third-order valence-corrected chi connectivity index (χ3v) is 6.49. The third kappa shape index (κ3) is 3.54. The van der Waals surface area contributed by atoms with E-state index in [1.807, 2.05) is 0 Å². The van der Waals surface area contributed by atoms with Gasteiger partial charge in [-0.1, -0.05) is 53.8 Å². The molecule has 1 atom stereocenters. The Hall–Kier alpha value is -4.04. The van der Waals surface area contributed by atoms with Crippen LogP contribution in [0.2, 0.25) is 0 Å². The lowest BCUT2D eigenvalue weighted by atomic mass is 9.95. The first kappa shape index (κ1) is 20.8. The number of aliphatic hydroxyl groups excluding tert-OH is 1. The molecule has 1 aliphatic rings. The average molecular weight is 460 g/mol. The smallest absolute Gasteiger partial charge is 0.301 e. The molecule has 1 aromatic heterocycles. The number of carbonyl (C=O) groups excluding carboxylic acids is 2. The highest BCUT2D eigenvalue weighted by molar-refractivity contribution is 7.22. The number of Topliss-reactive ketones (excluding diaryl/α,β-unsaturated/α-hetero) is 1. The van der Waals surface area contributed by atoms with E-state index in [0.717, 1.165) is 11.3 Å². The normalized spacial score (nSPS) is 17.6. The second-order valence-electron chi connectivity index (χ2n) is 7.42. The first-order chi connectivity index (χ1) is 16.0. The number of ether oxygens (including phenoxy) is 1. The van der Waals surface area contributed by atoms with Gasteiger partial charge in [-0.25, -0.2) is 9.37 Å². The summed E-state index contributed by atoms with van der Waals surface area (Å²) in [4.78, 5) is 32.1. The summed E-state index contributed by atoms with van der Waals surface area (Å²) in [5.74, 6) is -1.72. The van der Waals surface area contributed by atoms with Crippen molar-refractivity contribution in [3.8, 4) is 5.75 Å². The second kappa shape index (κ2) is 8.14. The van der Waals surface area contributed by atoms with Crippen LogP contribution in [0.15, 0.2) is 78.4 Å². The highest BCUT2D eigenvalue weighted by atomic mass is 32.1. The number of fused-ring (bicyclic) bond motifs is 1. The first-order valence-corrected chi connectivity index (χ1v) is 10.9. The number of hydrogen-bond donors (Lipinski definition) is 1. The van der Waals surface area contributed by atoms with Crippen LogP contribution in [0.4, 0.5) is 9.52 Å². The number of hydrogen-bond acceptors (Lipinski definition) is 6. The van der Waals surface area contributed by atoms with E-state index in [1.54, 1.807) is 54.6 Å². The molecule has 6 nitrogen and oxygen atoms in total. The maximum absolute atomic E-state index is 13.7. The zero-order valence-corrected chi connectivity index (χ0v) is 18.2. The second-order valence-corrected chi connectivity index (χ2v) is 8.43. The zero-order chi connectivity index (χ0) is 23.1. The van der Waals surface area contributed by atoms with E-state index in [-0.39, 0.29) is 16.5 Å². The maximum Gasteiger partial charge on any atom is 0.301 e. The number of halogens is 1. The number of carbonyl (C=O) groups is 2. The molecule has 1 fully saturated rings. The Labute approximate surface area is 192 Å². The lowest BCUT2D eigenvalue weighted by Gasteiger charge is -2.23. The highest BCUT2D eigenvalue weighted by Gasteiger charge is 2.48. The van der Waals surface area contributed by atoms with Crippen molar-refractivity contribution in [3.05, 3.63) is 95.3 Å². The molecule has 1 amide bonds. The minimum atomic E-state index is -0.915. The van der Waals surface area contributed by atoms with Crippen LogP contribution in [-0.4, -0.2) is 28.9 Å². The van der Waals surface area contributed by atoms with Crippen molar-refractivity contribution in [2.75, 3.05) is 12.0 Å². The number of amides is 1. The first-order valence-electron chi connectivity index (χ1n) is 10.0. The van der Waals surface area contributed by atoms with Crippen molar-refractivity contribution in [2.24, 2.45) is 0 Å². The van der Waals surface area contributed by atoms with E-state index in [1.165, 1.54) is 30.2 Å². The van der Waals surface area contributed by atoms with Crippen molar-refractivity contribution in [1.29, 1.82) is 0 Å². The number of aromatic nitrogens is 1. The zero-order valence-electron chi connectivity index (χ0n) is 17.4. The van der Waals surface area contributed by atoms with Crippen LogP contribution in [0.5, 0.6) is 5.75 Å². The summed E-state index contributed by atoms with van der Waals surface area (Å²) in [7, 11) is 1.54. The van der Waals surface area contributed by atoms with Crippen LogP contribution >= 0.6 is 11.3 Å². The van der Waals surface area contributed by atoms with E-state index < -0.39 is 23.5 Å². The van der Waals surface area contributed by atoms with Crippen molar-refractivity contribution in [3.63, 3.8) is 0 Å². The lowest BCUT2D eigenvalue weighted by Crippen LogP contribution is -2.29. The number of benzene rings is 3. The number of ketones is 1. The summed E-state index contributed by atoms with van der Waals surface area (Å²) in [6.45, 7) is 0. The SMILES string of the molecule is COc1ccc(C2/C(=C(\O)c3ccccc3)C(=O)C(=O)N2c2nc3ccc(F)cc3s2)cc1. The molecule has 5 rings (SSSR count). The average Bonchev–Trinajstić information content (AvgIpc) is 3.37. The summed E-state index contributed by atoms with van der Waals surface area (Å²) >= 11 is 1.10. The summed E-state index contributed by atoms with van der Waals surface area (Å²) in [5, 5.41) is 11.3. The highest BCUT2D eigenvalue weighted by Crippen LogP contribution is 2.44. The Balaban J connectivity index is 1.72. The molecule has 2 heterocycles. The minimum absolute atomic E-state index is 0.0400. The van der Waals surface area contributed by atoms with Gasteiger partial charge in [-0.3, -0.25) is 14.5 Å². The van der Waals surface area contributed by atoms with Crippen LogP contribution in [0, 0.1) is 5.82 Å². The molecular formula is C25H17FN2O4S. The fourth-order valence-corrected chi connectivity index (χ4v) is 4.89. The molecule has 0 radical (unpaired) electrons. The summed E-state index contributed by atoms with van der Waals surface area (Å²) in [6, 6.07) is 18.7. The molecule has 1 N–H and O–H groups in total. The van der Waals surface area contributed by atoms with E-state index in [2.05, 4.69) is 4.98 Å². The van der Waals surface area contributed by atoms with E-state index in [4.69, 9.17) is 4.74 Å². The number of thiazole rings is 1. The van der Waals surface area contributed by atoms with Crippen LogP contribution < -0.4 is 9.64 Å².